The molecule has 0 aromatic heterocycles. The number of nitrogens with one attached hydrogen (secondary N) is 1. The van der Waals surface area contributed by atoms with Gasteiger partial charge in [-0.1, -0.05) is 95.9 Å². The van der Waals surface area contributed by atoms with Gasteiger partial charge in [0.2, 0.25) is 11.8 Å². The van der Waals surface area contributed by atoms with Crippen LogP contribution >= 0.6 is 15.9 Å². The largest absolute Gasteiger partial charge is 0.493 e. The molecule has 0 heterocycles. The summed E-state index contributed by atoms with van der Waals surface area (Å²) in [5, 5.41) is 3.24. The van der Waals surface area contributed by atoms with Crippen molar-refractivity contribution in [1.29, 1.82) is 0 Å². The van der Waals surface area contributed by atoms with Gasteiger partial charge in [0.15, 0.2) is 11.5 Å². The molecular formula is C38H42BrN3O6S. The highest BCUT2D eigenvalue weighted by atomic mass is 79.9. The van der Waals surface area contributed by atoms with Crippen molar-refractivity contribution < 1.29 is 27.5 Å². The van der Waals surface area contributed by atoms with Crippen LogP contribution in [-0.4, -0.2) is 58.0 Å². The third-order valence-electron chi connectivity index (χ3n) is 8.73. The quantitative estimate of drug-likeness (QED) is 0.153. The lowest BCUT2D eigenvalue weighted by Gasteiger charge is -2.35. The second kappa shape index (κ2) is 16.8. The average molecular weight is 749 g/mol. The molecule has 0 aliphatic heterocycles. The van der Waals surface area contributed by atoms with Crippen LogP contribution in [-0.2, 0) is 32.6 Å². The van der Waals surface area contributed by atoms with Crippen molar-refractivity contribution in [2.45, 2.75) is 62.0 Å². The lowest BCUT2D eigenvalue weighted by atomic mass is 9.94. The van der Waals surface area contributed by atoms with Gasteiger partial charge in [-0.3, -0.25) is 13.9 Å². The molecule has 258 valence electrons. The molecule has 0 radical (unpaired) electrons. The van der Waals surface area contributed by atoms with E-state index in [0.717, 1.165) is 52.0 Å². The first-order valence-corrected chi connectivity index (χ1v) is 18.6. The molecule has 0 bridgehead atoms. The van der Waals surface area contributed by atoms with Crippen molar-refractivity contribution in [2.75, 3.05) is 25.1 Å². The van der Waals surface area contributed by atoms with Crippen LogP contribution in [0.4, 0.5) is 5.69 Å². The summed E-state index contributed by atoms with van der Waals surface area (Å²) in [6.45, 7) is -0.484. The Balaban J connectivity index is 1.59. The van der Waals surface area contributed by atoms with Crippen molar-refractivity contribution in [2.24, 2.45) is 0 Å². The number of halogens is 1. The molecule has 1 fully saturated rings. The number of anilines is 1. The molecule has 4 aromatic rings. The second-order valence-corrected chi connectivity index (χ2v) is 14.8. The second-order valence-electron chi connectivity index (χ2n) is 12.1. The summed E-state index contributed by atoms with van der Waals surface area (Å²) in [5.41, 5.74) is 1.88. The van der Waals surface area contributed by atoms with E-state index in [9.17, 15) is 18.0 Å². The van der Waals surface area contributed by atoms with Gasteiger partial charge in [-0.2, -0.15) is 0 Å². The molecular weight excluding hydrogens is 706 g/mol. The molecule has 0 unspecified atom stereocenters. The zero-order chi connectivity index (χ0) is 34.8. The maximum atomic E-state index is 14.8. The molecule has 1 aliphatic carbocycles. The normalized spacial score (nSPS) is 14.0. The standard InChI is InChI=1S/C38H42BrN3O6S/c1-47-35-22-21-32(25-36(35)48-2)42(49(45,46)33-19-10-5-11-20-33)27-37(43)41(26-29-15-12-16-30(39)23-29)34(24-28-13-6-3-7-14-28)38(44)40-31-17-8-4-9-18-31/h3,5-7,10-16,19-23,25,31,34H,4,8-9,17-18,24,26-27H2,1-2H3,(H,40,44)/t34-/m1/s1. The van der Waals surface area contributed by atoms with Gasteiger partial charge < -0.3 is 19.7 Å². The number of carbonyl (C=O) groups excluding carboxylic acids is 2. The van der Waals surface area contributed by atoms with Gasteiger partial charge in [0.25, 0.3) is 10.0 Å². The molecule has 5 rings (SSSR count). The Morgan fingerprint density at radius 1 is 0.816 bits per heavy atom. The number of hydrogen-bond acceptors (Lipinski definition) is 6. The van der Waals surface area contributed by atoms with Crippen LogP contribution in [0.25, 0.3) is 0 Å². The Hall–Kier alpha value is -4.35. The van der Waals surface area contributed by atoms with Gasteiger partial charge in [0, 0.05) is 29.5 Å². The Bertz CT molecular complexity index is 1820. The van der Waals surface area contributed by atoms with E-state index in [2.05, 4.69) is 21.2 Å². The van der Waals surface area contributed by atoms with Crippen LogP contribution in [0.15, 0.2) is 112 Å². The summed E-state index contributed by atoms with van der Waals surface area (Å²) in [5.74, 6) is -0.0783. The van der Waals surface area contributed by atoms with Gasteiger partial charge in [-0.15, -0.1) is 0 Å². The lowest BCUT2D eigenvalue weighted by Crippen LogP contribution is -2.55. The van der Waals surface area contributed by atoms with Crippen LogP contribution in [0.2, 0.25) is 0 Å². The van der Waals surface area contributed by atoms with E-state index < -0.39 is 28.5 Å². The number of hydrogen-bond donors (Lipinski definition) is 1. The van der Waals surface area contributed by atoms with E-state index in [1.54, 1.807) is 30.3 Å². The third kappa shape index (κ3) is 9.21. The predicted molar refractivity (Wildman–Crippen MR) is 194 cm³/mol. The lowest BCUT2D eigenvalue weighted by molar-refractivity contribution is -0.140. The van der Waals surface area contributed by atoms with Crippen molar-refractivity contribution in [3.8, 4) is 11.5 Å². The van der Waals surface area contributed by atoms with Crippen LogP contribution in [0.3, 0.4) is 0 Å². The topological polar surface area (TPSA) is 105 Å². The summed E-state index contributed by atoms with van der Waals surface area (Å²) >= 11 is 3.53. The maximum Gasteiger partial charge on any atom is 0.264 e. The summed E-state index contributed by atoms with van der Waals surface area (Å²) in [6, 6.07) is 28.9. The minimum absolute atomic E-state index is 0.0177. The molecule has 1 aliphatic rings. The van der Waals surface area contributed by atoms with E-state index in [-0.39, 0.29) is 35.5 Å². The molecule has 49 heavy (non-hydrogen) atoms. The van der Waals surface area contributed by atoms with Gasteiger partial charge >= 0.3 is 0 Å². The number of carbonyl (C=O) groups is 2. The molecule has 11 heteroatoms. The number of amides is 2. The fourth-order valence-corrected chi connectivity index (χ4v) is 8.03. The Morgan fingerprint density at radius 3 is 2.12 bits per heavy atom. The Morgan fingerprint density at radius 2 is 1.47 bits per heavy atom. The fraction of sp³-hybridized carbons (Fsp3) is 0.316. The Labute approximate surface area is 297 Å². The first-order valence-electron chi connectivity index (χ1n) is 16.4. The summed E-state index contributed by atoms with van der Waals surface area (Å²) in [7, 11) is -1.30. The van der Waals surface area contributed by atoms with E-state index >= 15 is 0 Å². The number of methoxy groups -OCH3 is 2. The van der Waals surface area contributed by atoms with Gasteiger partial charge in [-0.05, 0) is 60.4 Å². The van der Waals surface area contributed by atoms with Crippen LogP contribution in [0.5, 0.6) is 11.5 Å². The first kappa shape index (κ1) is 35.9. The minimum Gasteiger partial charge on any atom is -0.493 e. The fourth-order valence-electron chi connectivity index (χ4n) is 6.16. The number of benzene rings is 4. The van der Waals surface area contributed by atoms with E-state index in [1.807, 2.05) is 54.6 Å². The molecule has 1 atom stereocenters. The summed E-state index contributed by atoms with van der Waals surface area (Å²) in [4.78, 5) is 30.6. The molecule has 1 saturated carbocycles. The predicted octanol–water partition coefficient (Wildman–Crippen LogP) is 6.75. The first-order chi connectivity index (χ1) is 23.7. The molecule has 4 aromatic carbocycles. The SMILES string of the molecule is COc1ccc(N(CC(=O)N(Cc2cccc(Br)c2)[C@H](Cc2ccccc2)C(=O)NC2CCCCC2)S(=O)(=O)c2ccccc2)cc1OC. The average Bonchev–Trinajstić information content (AvgIpc) is 3.12. The number of nitrogens with zero attached hydrogens (tertiary/aromatic N) is 2. The number of rotatable bonds is 14. The number of sulfonamides is 1. The molecule has 9 nitrogen and oxygen atoms in total. The minimum atomic E-state index is -4.25. The molecule has 0 spiro atoms. The highest BCUT2D eigenvalue weighted by Gasteiger charge is 2.35. The molecule has 1 N–H and O–H groups in total. The smallest absolute Gasteiger partial charge is 0.264 e. The zero-order valence-electron chi connectivity index (χ0n) is 27.8. The number of ether oxygens (including phenoxy) is 2. The summed E-state index contributed by atoms with van der Waals surface area (Å²) < 4.78 is 41.4. The monoisotopic (exact) mass is 747 g/mol. The molecule has 0 saturated heterocycles. The van der Waals surface area contributed by atoms with Gasteiger partial charge in [0.05, 0.1) is 24.8 Å². The summed E-state index contributed by atoms with van der Waals surface area (Å²) in [6.07, 6.45) is 5.22. The third-order valence-corrected chi connectivity index (χ3v) is 11.0. The van der Waals surface area contributed by atoms with Crippen molar-refractivity contribution in [1.82, 2.24) is 10.2 Å². The van der Waals surface area contributed by atoms with Crippen LogP contribution in [0, 0.1) is 0 Å². The van der Waals surface area contributed by atoms with Crippen molar-refractivity contribution >= 4 is 43.5 Å². The van der Waals surface area contributed by atoms with Crippen LogP contribution in [0.1, 0.15) is 43.2 Å². The van der Waals surface area contributed by atoms with E-state index in [0.29, 0.717) is 11.5 Å². The highest BCUT2D eigenvalue weighted by Crippen LogP contribution is 2.34. The van der Waals surface area contributed by atoms with Crippen molar-refractivity contribution in [3.63, 3.8) is 0 Å². The zero-order valence-corrected chi connectivity index (χ0v) is 30.2. The van der Waals surface area contributed by atoms with E-state index in [1.165, 1.54) is 37.3 Å². The molecule has 2 amide bonds. The van der Waals surface area contributed by atoms with Crippen LogP contribution < -0.4 is 19.1 Å². The van der Waals surface area contributed by atoms with E-state index in [4.69, 9.17) is 9.47 Å². The van der Waals surface area contributed by atoms with Crippen molar-refractivity contribution in [3.05, 3.63) is 119 Å². The van der Waals surface area contributed by atoms with Gasteiger partial charge in [-0.25, -0.2) is 8.42 Å². The highest BCUT2D eigenvalue weighted by molar-refractivity contribution is 9.10. The van der Waals surface area contributed by atoms with Gasteiger partial charge in [0.1, 0.15) is 12.6 Å². The maximum absolute atomic E-state index is 14.8. The Kier molecular flexibility index (Phi) is 12.4.